The van der Waals surface area contributed by atoms with E-state index in [1.807, 2.05) is 0 Å². The Morgan fingerprint density at radius 3 is 0.857 bits per heavy atom. The van der Waals surface area contributed by atoms with Crippen LogP contribution in [0.5, 0.6) is 0 Å². The molecule has 15 heteroatoms. The molecule has 0 spiro atoms. The minimum atomic E-state index is -1.04. The molecular formula is C27H51N9O6. The van der Waals surface area contributed by atoms with Crippen LogP contribution in [-0.2, 0) is 28.8 Å². The predicted octanol–water partition coefficient (Wildman–Crippen LogP) is -2.64. The second-order valence-electron chi connectivity index (χ2n) is 10.7. The summed E-state index contributed by atoms with van der Waals surface area (Å²) in [4.78, 5) is 78.4. The normalized spacial score (nSPS) is 27.0. The Labute approximate surface area is 248 Å². The second-order valence-corrected chi connectivity index (χ2v) is 10.7. The van der Waals surface area contributed by atoms with E-state index < -0.39 is 71.7 Å². The first-order valence-electron chi connectivity index (χ1n) is 14.9. The number of hydrogen-bond donors (Lipinski definition) is 9. The summed E-state index contributed by atoms with van der Waals surface area (Å²) < 4.78 is 0. The van der Waals surface area contributed by atoms with E-state index in [0.29, 0.717) is 58.2 Å². The van der Waals surface area contributed by atoms with Crippen LogP contribution in [0, 0.1) is 0 Å². The number of nitrogens with one attached hydrogen (secondary N) is 6. The van der Waals surface area contributed by atoms with Crippen molar-refractivity contribution in [3.63, 3.8) is 0 Å². The van der Waals surface area contributed by atoms with Gasteiger partial charge in [0.2, 0.25) is 35.4 Å². The standard InChI is InChI=1S/C27H51N9O6/c1-16-22(37)34-20(11-5-8-14-29)26(41)32-18(3)24(39)36-21(12-6-9-15-30)27(42)33-17(2)23(38)35-19(25(40)31-16)10-4-7-13-28/h16-21H,4-15,28-30H2,1-3H3,(H,31,40)(H,32,41)(H,33,42)(H,34,37)(H,35,38)(H,36,39)/t16-,17-,18-,19+,20+,21+/m1/s1. The zero-order valence-electron chi connectivity index (χ0n) is 25.1. The highest BCUT2D eigenvalue weighted by Gasteiger charge is 2.32. The van der Waals surface area contributed by atoms with Crippen LogP contribution in [0.25, 0.3) is 0 Å². The van der Waals surface area contributed by atoms with Crippen LogP contribution in [0.15, 0.2) is 0 Å². The van der Waals surface area contributed by atoms with Gasteiger partial charge in [-0.3, -0.25) is 28.8 Å². The molecular weight excluding hydrogens is 546 g/mol. The molecule has 42 heavy (non-hydrogen) atoms. The van der Waals surface area contributed by atoms with E-state index in [0.717, 1.165) is 0 Å². The number of carbonyl (C=O) groups excluding carboxylic acids is 6. The first kappa shape index (κ1) is 36.7. The summed E-state index contributed by atoms with van der Waals surface area (Å²) >= 11 is 0. The lowest BCUT2D eigenvalue weighted by molar-refractivity contribution is -0.136. The average Bonchev–Trinajstić information content (AvgIpc) is 2.94. The van der Waals surface area contributed by atoms with E-state index in [-0.39, 0.29) is 19.3 Å². The molecule has 0 radical (unpaired) electrons. The van der Waals surface area contributed by atoms with Crippen molar-refractivity contribution < 1.29 is 28.8 Å². The van der Waals surface area contributed by atoms with E-state index in [1.165, 1.54) is 20.8 Å². The Bertz CT molecular complexity index is 804. The molecule has 0 aliphatic carbocycles. The number of hydrogen-bond acceptors (Lipinski definition) is 9. The smallest absolute Gasteiger partial charge is 0.243 e. The highest BCUT2D eigenvalue weighted by molar-refractivity contribution is 5.97. The molecule has 0 aromatic rings. The monoisotopic (exact) mass is 597 g/mol. The Morgan fingerprint density at radius 2 is 0.643 bits per heavy atom. The van der Waals surface area contributed by atoms with Gasteiger partial charge < -0.3 is 49.1 Å². The van der Waals surface area contributed by atoms with Crippen molar-refractivity contribution in [2.75, 3.05) is 19.6 Å². The van der Waals surface area contributed by atoms with Crippen LogP contribution in [0.2, 0.25) is 0 Å². The summed E-state index contributed by atoms with van der Waals surface area (Å²) in [6.45, 7) is 5.58. The summed E-state index contributed by atoms with van der Waals surface area (Å²) in [5.41, 5.74) is 16.8. The maximum Gasteiger partial charge on any atom is 0.243 e. The molecule has 240 valence electrons. The zero-order valence-corrected chi connectivity index (χ0v) is 25.1. The number of unbranched alkanes of at least 4 members (excludes halogenated alkanes) is 3. The van der Waals surface area contributed by atoms with Crippen molar-refractivity contribution >= 4 is 35.4 Å². The Balaban J connectivity index is 3.33. The molecule has 6 atom stereocenters. The molecule has 12 N–H and O–H groups in total. The lowest BCUT2D eigenvalue weighted by Gasteiger charge is -2.27. The summed E-state index contributed by atoms with van der Waals surface area (Å²) in [6, 6.07) is -6.11. The van der Waals surface area contributed by atoms with Crippen LogP contribution in [0.3, 0.4) is 0 Å². The molecule has 0 bridgehead atoms. The van der Waals surface area contributed by atoms with Crippen LogP contribution < -0.4 is 49.1 Å². The molecule has 1 heterocycles. The minimum Gasteiger partial charge on any atom is -0.343 e. The molecule has 1 fully saturated rings. The van der Waals surface area contributed by atoms with Gasteiger partial charge in [0.1, 0.15) is 36.3 Å². The maximum absolute atomic E-state index is 13.1. The SMILES string of the molecule is C[C@H]1NC(=O)[C@H](CCCCN)NC(=O)[C@@H](C)NC(=O)[C@H](CCCCN)NC(=O)[C@@H](C)NC(=O)[C@H](CCCCN)NC1=O. The zero-order chi connectivity index (χ0) is 31.7. The quantitative estimate of drug-likeness (QED) is 0.106. The van der Waals surface area contributed by atoms with Gasteiger partial charge >= 0.3 is 0 Å². The molecule has 1 saturated heterocycles. The van der Waals surface area contributed by atoms with E-state index >= 15 is 0 Å². The van der Waals surface area contributed by atoms with Crippen LogP contribution in [0.4, 0.5) is 0 Å². The summed E-state index contributed by atoms with van der Waals surface area (Å²) in [7, 11) is 0. The third kappa shape index (κ3) is 13.1. The third-order valence-corrected chi connectivity index (χ3v) is 7.00. The van der Waals surface area contributed by atoms with Gasteiger partial charge in [-0.1, -0.05) is 0 Å². The van der Waals surface area contributed by atoms with Gasteiger partial charge in [-0.05, 0) is 98.2 Å². The van der Waals surface area contributed by atoms with Gasteiger partial charge in [0.25, 0.3) is 0 Å². The molecule has 1 aliphatic rings. The lowest BCUT2D eigenvalue weighted by Crippen LogP contribution is -2.60. The number of carbonyl (C=O) groups is 6. The highest BCUT2D eigenvalue weighted by atomic mass is 16.2. The second kappa shape index (κ2) is 19.8. The summed E-state index contributed by atoms with van der Waals surface area (Å²) in [5, 5.41) is 15.7. The number of rotatable bonds is 12. The highest BCUT2D eigenvalue weighted by Crippen LogP contribution is 2.07. The van der Waals surface area contributed by atoms with Crippen LogP contribution in [0.1, 0.15) is 78.6 Å². The maximum atomic E-state index is 13.1. The lowest BCUT2D eigenvalue weighted by atomic mass is 10.1. The van der Waals surface area contributed by atoms with Gasteiger partial charge in [0.15, 0.2) is 0 Å². The largest absolute Gasteiger partial charge is 0.343 e. The van der Waals surface area contributed by atoms with Crippen molar-refractivity contribution in [1.82, 2.24) is 31.9 Å². The van der Waals surface area contributed by atoms with Crippen molar-refractivity contribution in [3.8, 4) is 0 Å². The molecule has 0 aromatic heterocycles. The Hall–Kier alpha value is -3.30. The van der Waals surface area contributed by atoms with Gasteiger partial charge in [-0.2, -0.15) is 0 Å². The molecule has 1 aliphatic heterocycles. The first-order chi connectivity index (χ1) is 19.9. The fourth-order valence-corrected chi connectivity index (χ4v) is 4.31. The van der Waals surface area contributed by atoms with E-state index in [2.05, 4.69) is 31.9 Å². The molecule has 15 nitrogen and oxygen atoms in total. The van der Waals surface area contributed by atoms with Crippen molar-refractivity contribution in [3.05, 3.63) is 0 Å². The molecule has 1 rings (SSSR count). The van der Waals surface area contributed by atoms with E-state index in [1.54, 1.807) is 0 Å². The Kier molecular flexibility index (Phi) is 17.3. The molecule has 0 unspecified atom stereocenters. The third-order valence-electron chi connectivity index (χ3n) is 7.00. The average molecular weight is 598 g/mol. The van der Waals surface area contributed by atoms with Gasteiger partial charge in [0, 0.05) is 0 Å². The fourth-order valence-electron chi connectivity index (χ4n) is 4.31. The van der Waals surface area contributed by atoms with Crippen molar-refractivity contribution in [2.45, 2.75) is 115 Å². The van der Waals surface area contributed by atoms with Crippen LogP contribution >= 0.6 is 0 Å². The minimum absolute atomic E-state index is 0.254. The number of amides is 6. The van der Waals surface area contributed by atoms with E-state index in [4.69, 9.17) is 17.2 Å². The van der Waals surface area contributed by atoms with Gasteiger partial charge in [-0.25, -0.2) is 0 Å². The van der Waals surface area contributed by atoms with Crippen molar-refractivity contribution in [2.24, 2.45) is 17.2 Å². The molecule has 0 aromatic carbocycles. The molecule has 6 amide bonds. The fraction of sp³-hybridized carbons (Fsp3) is 0.778. The topological polar surface area (TPSA) is 253 Å². The van der Waals surface area contributed by atoms with Gasteiger partial charge in [-0.15, -0.1) is 0 Å². The van der Waals surface area contributed by atoms with Crippen molar-refractivity contribution in [1.29, 1.82) is 0 Å². The van der Waals surface area contributed by atoms with Crippen LogP contribution in [-0.4, -0.2) is 91.3 Å². The molecule has 0 saturated carbocycles. The first-order valence-corrected chi connectivity index (χ1v) is 14.9. The Morgan fingerprint density at radius 1 is 0.405 bits per heavy atom. The number of nitrogens with two attached hydrogens (primary N) is 3. The van der Waals surface area contributed by atoms with E-state index in [9.17, 15) is 28.8 Å². The summed E-state index contributed by atoms with van der Waals surface area (Å²) in [6.07, 6.45) is 4.21. The summed E-state index contributed by atoms with van der Waals surface area (Å²) in [5.74, 6) is -3.60. The van der Waals surface area contributed by atoms with Gasteiger partial charge in [0.05, 0.1) is 0 Å². The predicted molar refractivity (Wildman–Crippen MR) is 157 cm³/mol.